The number of anilines is 1. The number of rotatable bonds is 5. The van der Waals surface area contributed by atoms with E-state index in [4.69, 9.17) is 15.6 Å². The number of aromatic nitrogens is 1. The molecule has 26 heavy (non-hydrogen) atoms. The van der Waals surface area contributed by atoms with Crippen molar-refractivity contribution in [2.45, 2.75) is 63.8 Å². The summed E-state index contributed by atoms with van der Waals surface area (Å²) in [4.78, 5) is 28.6. The zero-order valence-electron chi connectivity index (χ0n) is 15.5. The monoisotopic (exact) mass is 382 g/mol. The van der Waals surface area contributed by atoms with Crippen LogP contribution in [0.2, 0.25) is 0 Å². The largest absolute Gasteiger partial charge is 0.483 e. The molecule has 7 nitrogen and oxygen atoms in total. The number of nitrogen functional groups attached to an aromatic ring is 1. The lowest BCUT2D eigenvalue weighted by Gasteiger charge is -2.45. The molecule has 1 aliphatic heterocycles. The second-order valence-corrected chi connectivity index (χ2v) is 8.21. The van der Waals surface area contributed by atoms with Gasteiger partial charge >= 0.3 is 0 Å². The molecule has 0 aromatic carbocycles. The number of thiazole rings is 1. The van der Waals surface area contributed by atoms with Gasteiger partial charge in [-0.05, 0) is 45.7 Å². The molecule has 2 heterocycles. The molecular weight excluding hydrogens is 352 g/mol. The topological polar surface area (TPSA) is 109 Å². The molecule has 1 saturated carbocycles. The first-order chi connectivity index (χ1) is 12.5. The summed E-state index contributed by atoms with van der Waals surface area (Å²) in [5.41, 5.74) is 6.80. The first-order valence-corrected chi connectivity index (χ1v) is 10.1. The maximum Gasteiger partial charge on any atom is 0.290 e. The van der Waals surface area contributed by atoms with E-state index in [0.29, 0.717) is 11.6 Å². The van der Waals surface area contributed by atoms with Gasteiger partial charge in [0.2, 0.25) is 5.91 Å². The number of hydrogen-bond donors (Lipinski definition) is 3. The van der Waals surface area contributed by atoms with Crippen LogP contribution >= 0.6 is 11.3 Å². The van der Waals surface area contributed by atoms with E-state index in [1.165, 1.54) is 69.4 Å². The summed E-state index contributed by atoms with van der Waals surface area (Å²) < 4.78 is 0. The highest BCUT2D eigenvalue weighted by atomic mass is 32.1. The van der Waals surface area contributed by atoms with Crippen molar-refractivity contribution in [1.82, 2.24) is 15.2 Å². The third-order valence-corrected chi connectivity index (χ3v) is 6.39. The number of nitrogens with one attached hydrogen (secondary N) is 1. The van der Waals surface area contributed by atoms with Crippen LogP contribution in [-0.4, -0.2) is 52.5 Å². The molecule has 1 saturated heterocycles. The maximum atomic E-state index is 12.4. The summed E-state index contributed by atoms with van der Waals surface area (Å²) >= 11 is 1.42. The Kier molecular flexibility index (Phi) is 7.84. The Labute approximate surface area is 159 Å². The average molecular weight is 383 g/mol. The van der Waals surface area contributed by atoms with Crippen LogP contribution in [0, 0.1) is 6.92 Å². The third-order valence-electron chi connectivity index (χ3n) is 5.41. The number of carbonyl (C=O) groups excluding carboxylic acids is 1. The number of aryl methyl sites for hydroxylation is 1. The quantitative estimate of drug-likeness (QED) is 0.674. The molecule has 0 spiro atoms. The molecule has 0 atom stereocenters. The lowest BCUT2D eigenvalue weighted by atomic mass is 9.80. The maximum absolute atomic E-state index is 12.4. The molecule has 3 rings (SSSR count). The zero-order chi connectivity index (χ0) is 19.0. The lowest BCUT2D eigenvalue weighted by molar-refractivity contribution is -0.123. The molecule has 2 fully saturated rings. The first-order valence-electron chi connectivity index (χ1n) is 9.32. The lowest BCUT2D eigenvalue weighted by Crippen LogP contribution is -2.55. The van der Waals surface area contributed by atoms with Gasteiger partial charge in [-0.25, -0.2) is 4.98 Å². The first kappa shape index (κ1) is 20.6. The smallest absolute Gasteiger partial charge is 0.290 e. The molecular formula is C18H30N4O3S. The Bertz CT molecular complexity index is 593. The summed E-state index contributed by atoms with van der Waals surface area (Å²) in [6.07, 6.45) is 9.36. The highest BCUT2D eigenvalue weighted by Gasteiger charge is 2.39. The van der Waals surface area contributed by atoms with Gasteiger partial charge in [0.25, 0.3) is 6.47 Å². The Morgan fingerprint density at radius 2 is 1.92 bits per heavy atom. The molecule has 4 N–H and O–H groups in total. The van der Waals surface area contributed by atoms with Gasteiger partial charge in [-0.15, -0.1) is 11.3 Å². The van der Waals surface area contributed by atoms with Crippen molar-refractivity contribution in [3.63, 3.8) is 0 Å². The van der Waals surface area contributed by atoms with Gasteiger partial charge in [0, 0.05) is 17.0 Å². The van der Waals surface area contributed by atoms with Gasteiger partial charge in [-0.1, -0.05) is 19.3 Å². The van der Waals surface area contributed by atoms with Crippen LogP contribution in [0.3, 0.4) is 0 Å². The minimum absolute atomic E-state index is 0.0981. The average Bonchev–Trinajstić information content (AvgIpc) is 3.25. The van der Waals surface area contributed by atoms with Gasteiger partial charge in [-0.2, -0.15) is 0 Å². The van der Waals surface area contributed by atoms with E-state index in [-0.39, 0.29) is 17.9 Å². The summed E-state index contributed by atoms with van der Waals surface area (Å²) in [5, 5.41) is 10.6. The van der Waals surface area contributed by atoms with Crippen molar-refractivity contribution in [2.24, 2.45) is 0 Å². The molecule has 0 bridgehead atoms. The number of likely N-dealkylation sites (tertiary alicyclic amines) is 1. The van der Waals surface area contributed by atoms with Crippen molar-refractivity contribution in [3.8, 4) is 0 Å². The van der Waals surface area contributed by atoms with E-state index in [1.807, 2.05) is 6.92 Å². The van der Waals surface area contributed by atoms with E-state index in [9.17, 15) is 4.79 Å². The molecule has 146 valence electrons. The van der Waals surface area contributed by atoms with E-state index in [2.05, 4.69) is 15.2 Å². The highest BCUT2D eigenvalue weighted by molar-refractivity contribution is 7.15. The van der Waals surface area contributed by atoms with Gasteiger partial charge < -0.3 is 16.2 Å². The van der Waals surface area contributed by atoms with Crippen LogP contribution < -0.4 is 11.1 Å². The van der Waals surface area contributed by atoms with Gasteiger partial charge in [0.15, 0.2) is 5.13 Å². The molecule has 1 aromatic rings. The number of carbonyl (C=O) groups is 2. The zero-order valence-corrected chi connectivity index (χ0v) is 16.3. The van der Waals surface area contributed by atoms with Crippen LogP contribution in [-0.2, 0) is 16.0 Å². The molecule has 2 aliphatic rings. The summed E-state index contributed by atoms with van der Waals surface area (Å²) in [7, 11) is 0. The van der Waals surface area contributed by atoms with Crippen molar-refractivity contribution in [2.75, 3.05) is 25.4 Å². The summed E-state index contributed by atoms with van der Waals surface area (Å²) in [6, 6.07) is 0. The number of carboxylic acid groups (broad SMARTS) is 1. The Balaban J connectivity index is 0.000000758. The van der Waals surface area contributed by atoms with Gasteiger partial charge in [-0.3, -0.25) is 14.5 Å². The predicted octanol–water partition coefficient (Wildman–Crippen LogP) is 2.19. The number of hydrogen-bond acceptors (Lipinski definition) is 6. The second kappa shape index (κ2) is 9.87. The molecule has 0 unspecified atom stereocenters. The van der Waals surface area contributed by atoms with Gasteiger partial charge in [0.05, 0.1) is 12.1 Å². The van der Waals surface area contributed by atoms with Crippen LogP contribution in [0.5, 0.6) is 0 Å². The Morgan fingerprint density at radius 1 is 1.31 bits per heavy atom. The normalized spacial score (nSPS) is 19.4. The summed E-state index contributed by atoms with van der Waals surface area (Å²) in [5.74, 6) is 0.0981. The minimum Gasteiger partial charge on any atom is -0.483 e. The van der Waals surface area contributed by atoms with E-state index in [1.54, 1.807) is 0 Å². The van der Waals surface area contributed by atoms with Crippen molar-refractivity contribution in [3.05, 3.63) is 10.6 Å². The number of nitrogens with two attached hydrogens (primary N) is 1. The van der Waals surface area contributed by atoms with Crippen molar-refractivity contribution in [1.29, 1.82) is 0 Å². The minimum atomic E-state index is -0.250. The van der Waals surface area contributed by atoms with Crippen molar-refractivity contribution >= 4 is 28.8 Å². The molecule has 1 amide bonds. The van der Waals surface area contributed by atoms with Crippen LogP contribution in [0.1, 0.15) is 55.5 Å². The third kappa shape index (κ3) is 5.41. The fourth-order valence-corrected chi connectivity index (χ4v) is 4.92. The van der Waals surface area contributed by atoms with E-state index >= 15 is 0 Å². The van der Waals surface area contributed by atoms with E-state index < -0.39 is 0 Å². The second-order valence-electron chi connectivity index (χ2n) is 7.10. The molecule has 1 aromatic heterocycles. The van der Waals surface area contributed by atoms with Crippen LogP contribution in [0.15, 0.2) is 0 Å². The van der Waals surface area contributed by atoms with Crippen molar-refractivity contribution < 1.29 is 14.7 Å². The number of nitrogens with zero attached hydrogens (tertiary/aromatic N) is 2. The van der Waals surface area contributed by atoms with E-state index in [0.717, 1.165) is 17.1 Å². The Hall–Kier alpha value is -1.67. The fourth-order valence-electron chi connectivity index (χ4n) is 4.09. The summed E-state index contributed by atoms with van der Waals surface area (Å²) in [6.45, 7) is 4.85. The van der Waals surface area contributed by atoms with Crippen LogP contribution in [0.25, 0.3) is 0 Å². The van der Waals surface area contributed by atoms with Crippen LogP contribution in [0.4, 0.5) is 5.13 Å². The number of amides is 1. The van der Waals surface area contributed by atoms with Gasteiger partial charge in [0.1, 0.15) is 0 Å². The molecule has 8 heteroatoms. The molecule has 0 radical (unpaired) electrons. The standard InChI is InChI=1S/C17H28N4OS.CH2O2/c1-13-14(23-16(18)20-13)11-15(22)19-12-17(7-3-2-4-8-17)21-9-5-6-10-21;2-1-3/h2-12H2,1H3,(H2,18,20)(H,19,22);1H,(H,2,3). The fraction of sp³-hybridized carbons (Fsp3) is 0.722. The SMILES string of the molecule is Cc1nc(N)sc1CC(=O)NCC1(N2CCCC2)CCCCC1.O=CO. The predicted molar refractivity (Wildman–Crippen MR) is 103 cm³/mol. The highest BCUT2D eigenvalue weighted by Crippen LogP contribution is 2.35. The molecule has 1 aliphatic carbocycles. The Morgan fingerprint density at radius 3 is 2.46 bits per heavy atom.